The van der Waals surface area contributed by atoms with Crippen LogP contribution in [-0.4, -0.2) is 53.8 Å². The van der Waals surface area contributed by atoms with E-state index in [4.69, 9.17) is 16.3 Å². The molecule has 0 saturated carbocycles. The quantitative estimate of drug-likeness (QED) is 0.505. The highest BCUT2D eigenvalue weighted by atomic mass is 35.5. The van der Waals surface area contributed by atoms with E-state index in [1.54, 1.807) is 30.5 Å². The largest absolute Gasteiger partial charge is 0.378 e. The van der Waals surface area contributed by atoms with Crippen LogP contribution in [0, 0.1) is 0 Å². The van der Waals surface area contributed by atoms with E-state index in [1.165, 1.54) is 0 Å². The number of benzene rings is 2. The Balaban J connectivity index is 1.50. The van der Waals surface area contributed by atoms with E-state index in [0.717, 1.165) is 16.5 Å². The number of rotatable bonds is 5. The number of amides is 2. The Bertz CT molecular complexity index is 1090. The molecule has 3 aromatic rings. The molecule has 1 saturated heterocycles. The minimum atomic E-state index is -0.325. The predicted molar refractivity (Wildman–Crippen MR) is 116 cm³/mol. The molecule has 2 heterocycles. The Kier molecular flexibility index (Phi) is 6.11. The van der Waals surface area contributed by atoms with E-state index in [1.807, 2.05) is 39.9 Å². The van der Waals surface area contributed by atoms with Crippen molar-refractivity contribution in [2.24, 2.45) is 5.10 Å². The van der Waals surface area contributed by atoms with Crippen LogP contribution in [0.2, 0.25) is 5.02 Å². The van der Waals surface area contributed by atoms with Gasteiger partial charge >= 0.3 is 0 Å². The van der Waals surface area contributed by atoms with Gasteiger partial charge in [0.25, 0.3) is 5.91 Å². The standard InChI is InChI=1S/C22H21ClN4O3/c23-18-7-5-16(6-8-18)22(29)25-24-13-17-14-27(20-4-2-1-3-19(17)20)15-21(28)26-9-11-30-12-10-26/h1-8,13-14H,9-12,15H2,(H,25,29)/b24-13-. The van der Waals surface area contributed by atoms with Gasteiger partial charge in [0.15, 0.2) is 0 Å². The minimum Gasteiger partial charge on any atom is -0.378 e. The second-order valence-corrected chi connectivity index (χ2v) is 7.37. The zero-order valence-electron chi connectivity index (χ0n) is 16.3. The number of carbonyl (C=O) groups is 2. The molecule has 1 aliphatic heterocycles. The highest BCUT2D eigenvalue weighted by Gasteiger charge is 2.18. The monoisotopic (exact) mass is 424 g/mol. The van der Waals surface area contributed by atoms with Crippen molar-refractivity contribution in [3.8, 4) is 0 Å². The molecule has 0 spiro atoms. The number of para-hydroxylation sites is 1. The van der Waals surface area contributed by atoms with Crippen LogP contribution in [0.1, 0.15) is 15.9 Å². The van der Waals surface area contributed by atoms with Gasteiger partial charge in [0, 0.05) is 46.3 Å². The van der Waals surface area contributed by atoms with Gasteiger partial charge in [0.2, 0.25) is 5.91 Å². The van der Waals surface area contributed by atoms with Crippen molar-refractivity contribution in [1.82, 2.24) is 14.9 Å². The summed E-state index contributed by atoms with van der Waals surface area (Å²) in [6.07, 6.45) is 3.47. The van der Waals surface area contributed by atoms with E-state index < -0.39 is 0 Å². The molecule has 1 aromatic heterocycles. The van der Waals surface area contributed by atoms with Crippen molar-refractivity contribution in [1.29, 1.82) is 0 Å². The summed E-state index contributed by atoms with van der Waals surface area (Å²) in [6, 6.07) is 14.4. The molecule has 0 bridgehead atoms. The lowest BCUT2D eigenvalue weighted by atomic mass is 10.2. The van der Waals surface area contributed by atoms with E-state index in [0.29, 0.717) is 36.9 Å². The number of nitrogens with one attached hydrogen (secondary N) is 1. The first-order valence-electron chi connectivity index (χ1n) is 9.64. The van der Waals surface area contributed by atoms with Crippen molar-refractivity contribution < 1.29 is 14.3 Å². The number of hydrogen-bond acceptors (Lipinski definition) is 4. The van der Waals surface area contributed by atoms with Crippen molar-refractivity contribution in [2.45, 2.75) is 6.54 Å². The molecule has 0 unspecified atom stereocenters. The molecule has 2 aromatic carbocycles. The highest BCUT2D eigenvalue weighted by molar-refractivity contribution is 6.30. The third-order valence-corrected chi connectivity index (χ3v) is 5.22. The molecule has 4 rings (SSSR count). The molecule has 1 fully saturated rings. The Morgan fingerprint density at radius 2 is 1.83 bits per heavy atom. The maximum Gasteiger partial charge on any atom is 0.271 e. The number of carbonyl (C=O) groups excluding carboxylic acids is 2. The van der Waals surface area contributed by atoms with Crippen LogP contribution in [0.4, 0.5) is 0 Å². The van der Waals surface area contributed by atoms with Crippen molar-refractivity contribution >= 4 is 40.5 Å². The summed E-state index contributed by atoms with van der Waals surface area (Å²) in [5.41, 5.74) is 4.74. The number of morpholine rings is 1. The number of fused-ring (bicyclic) bond motifs is 1. The fourth-order valence-corrected chi connectivity index (χ4v) is 3.52. The first-order valence-corrected chi connectivity index (χ1v) is 10.0. The maximum absolute atomic E-state index is 12.7. The number of halogens is 1. The number of ether oxygens (including phenoxy) is 1. The predicted octanol–water partition coefficient (Wildman–Crippen LogP) is 2.92. The van der Waals surface area contributed by atoms with E-state index in [9.17, 15) is 9.59 Å². The first-order chi connectivity index (χ1) is 14.6. The Hall–Kier alpha value is -3.16. The van der Waals surface area contributed by atoms with Crippen LogP contribution in [0.5, 0.6) is 0 Å². The van der Waals surface area contributed by atoms with Crippen molar-refractivity contribution in [2.75, 3.05) is 26.3 Å². The third-order valence-electron chi connectivity index (χ3n) is 4.96. The highest BCUT2D eigenvalue weighted by Crippen LogP contribution is 2.20. The lowest BCUT2D eigenvalue weighted by molar-refractivity contribution is -0.135. The van der Waals surface area contributed by atoms with E-state index >= 15 is 0 Å². The average molecular weight is 425 g/mol. The summed E-state index contributed by atoms with van der Waals surface area (Å²) >= 11 is 5.85. The van der Waals surface area contributed by atoms with Gasteiger partial charge in [-0.25, -0.2) is 5.43 Å². The van der Waals surface area contributed by atoms with Crippen LogP contribution in [-0.2, 0) is 16.1 Å². The first kappa shape index (κ1) is 20.1. The van der Waals surface area contributed by atoms with Crippen LogP contribution in [0.3, 0.4) is 0 Å². The number of aromatic nitrogens is 1. The zero-order valence-corrected chi connectivity index (χ0v) is 17.0. The average Bonchev–Trinajstić information content (AvgIpc) is 3.12. The minimum absolute atomic E-state index is 0.0542. The molecule has 1 N–H and O–H groups in total. The fraction of sp³-hybridized carbons (Fsp3) is 0.227. The van der Waals surface area contributed by atoms with Crippen LogP contribution < -0.4 is 5.43 Å². The lowest BCUT2D eigenvalue weighted by Crippen LogP contribution is -2.42. The van der Waals surface area contributed by atoms with Crippen molar-refractivity contribution in [3.05, 3.63) is 70.9 Å². The Morgan fingerprint density at radius 3 is 2.60 bits per heavy atom. The molecule has 30 heavy (non-hydrogen) atoms. The summed E-state index contributed by atoms with van der Waals surface area (Å²) in [5, 5.41) is 5.61. The molecule has 8 heteroatoms. The second-order valence-electron chi connectivity index (χ2n) is 6.93. The molecule has 0 atom stereocenters. The lowest BCUT2D eigenvalue weighted by Gasteiger charge is -2.27. The molecule has 1 aliphatic rings. The maximum atomic E-state index is 12.7. The van der Waals surface area contributed by atoms with Gasteiger partial charge in [0.1, 0.15) is 6.54 Å². The molecule has 7 nitrogen and oxygen atoms in total. The van der Waals surface area contributed by atoms with Gasteiger partial charge in [-0.15, -0.1) is 0 Å². The summed E-state index contributed by atoms with van der Waals surface area (Å²) in [6.45, 7) is 2.62. The number of hydrogen-bond donors (Lipinski definition) is 1. The van der Waals surface area contributed by atoms with Gasteiger partial charge in [-0.2, -0.15) is 5.10 Å². The van der Waals surface area contributed by atoms with Crippen molar-refractivity contribution in [3.63, 3.8) is 0 Å². The number of hydrazone groups is 1. The molecule has 2 amide bonds. The zero-order chi connectivity index (χ0) is 20.9. The topological polar surface area (TPSA) is 75.9 Å². The normalized spacial score (nSPS) is 14.4. The van der Waals surface area contributed by atoms with Gasteiger partial charge in [-0.1, -0.05) is 29.8 Å². The number of nitrogens with zero attached hydrogens (tertiary/aromatic N) is 3. The van der Waals surface area contributed by atoms with Crippen LogP contribution in [0.25, 0.3) is 10.9 Å². The second kappa shape index (κ2) is 9.11. The van der Waals surface area contributed by atoms with E-state index in [2.05, 4.69) is 10.5 Å². The van der Waals surface area contributed by atoms with Crippen LogP contribution >= 0.6 is 11.6 Å². The molecular weight excluding hydrogens is 404 g/mol. The van der Waals surface area contributed by atoms with Gasteiger partial charge < -0.3 is 14.2 Å². The molecule has 0 radical (unpaired) electrons. The summed E-state index contributed by atoms with van der Waals surface area (Å²) < 4.78 is 7.23. The summed E-state index contributed by atoms with van der Waals surface area (Å²) in [4.78, 5) is 26.7. The Labute approximate surface area is 178 Å². The van der Waals surface area contributed by atoms with Crippen LogP contribution in [0.15, 0.2) is 59.8 Å². The SMILES string of the molecule is O=C(N/N=C\c1cn(CC(=O)N2CCOCC2)c2ccccc12)c1ccc(Cl)cc1. The third kappa shape index (κ3) is 4.53. The Morgan fingerprint density at radius 1 is 1.10 bits per heavy atom. The molecule has 0 aliphatic carbocycles. The fourth-order valence-electron chi connectivity index (χ4n) is 3.39. The smallest absolute Gasteiger partial charge is 0.271 e. The summed E-state index contributed by atoms with van der Waals surface area (Å²) in [5.74, 6) is -0.271. The molecule has 154 valence electrons. The summed E-state index contributed by atoms with van der Waals surface area (Å²) in [7, 11) is 0. The van der Waals surface area contributed by atoms with Gasteiger partial charge in [-0.3, -0.25) is 9.59 Å². The molecular formula is C22H21ClN4O3. The van der Waals surface area contributed by atoms with E-state index in [-0.39, 0.29) is 18.4 Å². The van der Waals surface area contributed by atoms with Gasteiger partial charge in [-0.05, 0) is 30.3 Å². The van der Waals surface area contributed by atoms with Gasteiger partial charge in [0.05, 0.1) is 19.4 Å².